The van der Waals surface area contributed by atoms with Gasteiger partial charge in [0.25, 0.3) is 0 Å². The van der Waals surface area contributed by atoms with Crippen molar-refractivity contribution in [3.05, 3.63) is 29.6 Å². The van der Waals surface area contributed by atoms with Crippen molar-refractivity contribution < 1.29 is 13.9 Å². The molecule has 1 aliphatic rings. The normalized spacial score (nSPS) is 27.4. The molecule has 0 radical (unpaired) electrons. The van der Waals surface area contributed by atoms with Crippen LogP contribution in [0.1, 0.15) is 51.1 Å². The summed E-state index contributed by atoms with van der Waals surface area (Å²) in [6.07, 6.45) is 4.03. The summed E-state index contributed by atoms with van der Waals surface area (Å²) < 4.78 is 25.4. The van der Waals surface area contributed by atoms with E-state index >= 15 is 0 Å². The lowest BCUT2D eigenvalue weighted by atomic mass is 9.73. The highest BCUT2D eigenvalue weighted by molar-refractivity contribution is 5.32. The molecule has 1 fully saturated rings. The van der Waals surface area contributed by atoms with Gasteiger partial charge in [-0.3, -0.25) is 0 Å². The van der Waals surface area contributed by atoms with Gasteiger partial charge in [-0.1, -0.05) is 25.8 Å². The van der Waals surface area contributed by atoms with E-state index in [1.54, 1.807) is 12.1 Å². The fourth-order valence-corrected chi connectivity index (χ4v) is 3.50. The lowest BCUT2D eigenvalue weighted by molar-refractivity contribution is -0.0944. The van der Waals surface area contributed by atoms with E-state index in [2.05, 4.69) is 6.92 Å². The molecular formula is C17H26FNO2. The van der Waals surface area contributed by atoms with Crippen LogP contribution in [0.5, 0.6) is 5.75 Å². The van der Waals surface area contributed by atoms with Gasteiger partial charge in [0.2, 0.25) is 0 Å². The van der Waals surface area contributed by atoms with Crippen molar-refractivity contribution in [3.8, 4) is 5.75 Å². The standard InChI is InChI=1S/C17H26FNO2/c1-4-21-17(9-5-6-12(2)11-17)16(19)14-8-7-13(20-3)10-15(14)18/h7-8,10,12,16H,4-6,9,11,19H2,1-3H3. The van der Waals surface area contributed by atoms with E-state index in [-0.39, 0.29) is 5.82 Å². The van der Waals surface area contributed by atoms with Gasteiger partial charge in [-0.2, -0.15) is 0 Å². The molecule has 3 unspecified atom stereocenters. The first-order valence-corrected chi connectivity index (χ1v) is 7.75. The Morgan fingerprint density at radius 1 is 1.48 bits per heavy atom. The minimum atomic E-state index is -0.457. The summed E-state index contributed by atoms with van der Waals surface area (Å²) in [5, 5.41) is 0. The molecule has 0 heterocycles. The molecule has 0 spiro atoms. The van der Waals surface area contributed by atoms with Crippen LogP contribution in [-0.2, 0) is 4.74 Å². The summed E-state index contributed by atoms with van der Waals surface area (Å²) in [5.74, 6) is 0.739. The van der Waals surface area contributed by atoms with Crippen LogP contribution in [0.15, 0.2) is 18.2 Å². The van der Waals surface area contributed by atoms with Gasteiger partial charge in [0.05, 0.1) is 18.8 Å². The van der Waals surface area contributed by atoms with Crippen LogP contribution in [-0.4, -0.2) is 19.3 Å². The van der Waals surface area contributed by atoms with Crippen molar-refractivity contribution in [2.75, 3.05) is 13.7 Å². The summed E-state index contributed by atoms with van der Waals surface area (Å²) in [5.41, 5.74) is 6.50. The number of hydrogen-bond donors (Lipinski definition) is 1. The van der Waals surface area contributed by atoms with Gasteiger partial charge < -0.3 is 15.2 Å². The van der Waals surface area contributed by atoms with Crippen molar-refractivity contribution in [3.63, 3.8) is 0 Å². The number of rotatable bonds is 5. The predicted octanol–water partition coefficient (Wildman–Crippen LogP) is 3.82. The highest BCUT2D eigenvalue weighted by Crippen LogP contribution is 2.43. The third-order valence-corrected chi connectivity index (χ3v) is 4.53. The molecule has 0 aliphatic heterocycles. The Labute approximate surface area is 126 Å². The van der Waals surface area contributed by atoms with Crippen LogP contribution < -0.4 is 10.5 Å². The average Bonchev–Trinajstić information content (AvgIpc) is 2.46. The lowest BCUT2D eigenvalue weighted by Crippen LogP contribution is -2.47. The molecule has 4 heteroatoms. The fourth-order valence-electron chi connectivity index (χ4n) is 3.50. The van der Waals surface area contributed by atoms with Gasteiger partial charge in [-0.15, -0.1) is 0 Å². The maximum absolute atomic E-state index is 14.3. The van der Waals surface area contributed by atoms with Crippen LogP contribution in [0, 0.1) is 11.7 Å². The number of methoxy groups -OCH3 is 1. The molecule has 1 saturated carbocycles. The van der Waals surface area contributed by atoms with Crippen molar-refractivity contribution in [1.29, 1.82) is 0 Å². The van der Waals surface area contributed by atoms with Gasteiger partial charge in [-0.05, 0) is 31.7 Å². The molecule has 21 heavy (non-hydrogen) atoms. The van der Waals surface area contributed by atoms with Crippen LogP contribution in [0.25, 0.3) is 0 Å². The van der Waals surface area contributed by atoms with Gasteiger partial charge in [0.1, 0.15) is 11.6 Å². The minimum absolute atomic E-state index is 0.320. The third-order valence-electron chi connectivity index (χ3n) is 4.53. The number of benzene rings is 1. The fraction of sp³-hybridized carbons (Fsp3) is 0.647. The largest absolute Gasteiger partial charge is 0.497 e. The van der Waals surface area contributed by atoms with Crippen LogP contribution in [0.4, 0.5) is 4.39 Å². The predicted molar refractivity (Wildman–Crippen MR) is 81.9 cm³/mol. The van der Waals surface area contributed by atoms with Crippen LogP contribution in [0.3, 0.4) is 0 Å². The Kier molecular flexibility index (Phi) is 5.22. The lowest BCUT2D eigenvalue weighted by Gasteiger charge is -2.44. The monoisotopic (exact) mass is 295 g/mol. The first-order chi connectivity index (χ1) is 10.0. The third kappa shape index (κ3) is 3.38. The maximum atomic E-state index is 14.3. The summed E-state index contributed by atoms with van der Waals surface area (Å²) in [7, 11) is 1.53. The highest BCUT2D eigenvalue weighted by atomic mass is 19.1. The van der Waals surface area contributed by atoms with Crippen LogP contribution in [0.2, 0.25) is 0 Å². The zero-order valence-electron chi connectivity index (χ0n) is 13.2. The highest BCUT2D eigenvalue weighted by Gasteiger charge is 2.42. The summed E-state index contributed by atoms with van der Waals surface area (Å²) in [4.78, 5) is 0. The maximum Gasteiger partial charge on any atom is 0.131 e. The van der Waals surface area contributed by atoms with Crippen molar-refractivity contribution in [1.82, 2.24) is 0 Å². The number of hydrogen-bond acceptors (Lipinski definition) is 3. The second-order valence-corrected chi connectivity index (χ2v) is 6.06. The van der Waals surface area contributed by atoms with Crippen molar-refractivity contribution in [2.24, 2.45) is 11.7 Å². The summed E-state index contributed by atoms with van der Waals surface area (Å²) in [6, 6.07) is 4.41. The molecule has 118 valence electrons. The molecule has 0 saturated heterocycles. The molecular weight excluding hydrogens is 269 g/mol. The molecule has 1 aromatic rings. The Morgan fingerprint density at radius 3 is 2.81 bits per heavy atom. The average molecular weight is 295 g/mol. The van der Waals surface area contributed by atoms with E-state index in [4.69, 9.17) is 15.2 Å². The zero-order valence-corrected chi connectivity index (χ0v) is 13.2. The smallest absolute Gasteiger partial charge is 0.131 e. The zero-order chi connectivity index (χ0) is 15.5. The van der Waals surface area contributed by atoms with Crippen molar-refractivity contribution in [2.45, 2.75) is 51.2 Å². The second kappa shape index (κ2) is 6.75. The van der Waals surface area contributed by atoms with E-state index < -0.39 is 11.6 Å². The summed E-state index contributed by atoms with van der Waals surface area (Å²) in [6.45, 7) is 4.78. The number of halogens is 1. The second-order valence-electron chi connectivity index (χ2n) is 6.06. The van der Waals surface area contributed by atoms with E-state index in [1.807, 2.05) is 6.92 Å². The summed E-state index contributed by atoms with van der Waals surface area (Å²) >= 11 is 0. The minimum Gasteiger partial charge on any atom is -0.497 e. The Hall–Kier alpha value is -1.13. The van der Waals surface area contributed by atoms with E-state index in [1.165, 1.54) is 19.6 Å². The molecule has 0 amide bonds. The van der Waals surface area contributed by atoms with Gasteiger partial charge in [-0.25, -0.2) is 4.39 Å². The Balaban J connectivity index is 2.31. The van der Waals surface area contributed by atoms with Gasteiger partial charge >= 0.3 is 0 Å². The molecule has 1 aliphatic carbocycles. The molecule has 2 N–H and O–H groups in total. The van der Waals surface area contributed by atoms with Crippen molar-refractivity contribution >= 4 is 0 Å². The molecule has 0 bridgehead atoms. The van der Waals surface area contributed by atoms with Gasteiger partial charge in [0.15, 0.2) is 0 Å². The topological polar surface area (TPSA) is 44.5 Å². The molecule has 2 rings (SSSR count). The number of nitrogens with two attached hydrogens (primary N) is 1. The van der Waals surface area contributed by atoms with E-state index in [0.29, 0.717) is 23.8 Å². The Morgan fingerprint density at radius 2 is 2.24 bits per heavy atom. The molecule has 0 aromatic heterocycles. The Bertz CT molecular complexity index is 476. The van der Waals surface area contributed by atoms with E-state index in [9.17, 15) is 4.39 Å². The molecule has 3 nitrogen and oxygen atoms in total. The van der Waals surface area contributed by atoms with Crippen LogP contribution >= 0.6 is 0 Å². The SMILES string of the molecule is CCOC1(C(N)c2ccc(OC)cc2F)CCCC(C)C1. The van der Waals surface area contributed by atoms with Gasteiger partial charge in [0, 0.05) is 18.2 Å². The first kappa shape index (κ1) is 16.2. The van der Waals surface area contributed by atoms with E-state index in [0.717, 1.165) is 19.3 Å². The molecule has 1 aromatic carbocycles. The quantitative estimate of drug-likeness (QED) is 0.898. The first-order valence-electron chi connectivity index (χ1n) is 7.75. The molecule has 3 atom stereocenters. The number of ether oxygens (including phenoxy) is 2.